The molecule has 0 aromatic heterocycles. The SMILES string of the molecule is [CH-]=C.[CH-]=C.[Rh]. The zero-order valence-electron chi connectivity index (χ0n) is 2.90. The molecule has 0 bridgehead atoms. The third kappa shape index (κ3) is 1700. The van der Waals surface area contributed by atoms with Gasteiger partial charge < -0.3 is 13.2 Å². The standard InChI is InChI=1S/2C2H3.Rh/c2*1-2;/h2*1H,2H2;/q2*-1;. The second kappa shape index (κ2) is 3700. The van der Waals surface area contributed by atoms with Gasteiger partial charge in [0.05, 0.1) is 0 Å². The fourth-order valence-corrected chi connectivity index (χ4v) is 0. The Morgan fingerprint density at radius 3 is 0.800 bits per heavy atom. The zero-order valence-corrected chi connectivity index (χ0v) is 4.54. The van der Waals surface area contributed by atoms with Gasteiger partial charge in [0.15, 0.2) is 0 Å². The van der Waals surface area contributed by atoms with Crippen molar-refractivity contribution in [1.29, 1.82) is 0 Å². The summed E-state index contributed by atoms with van der Waals surface area (Å²) in [6, 6.07) is 0. The van der Waals surface area contributed by atoms with E-state index in [1.165, 1.54) is 0 Å². The predicted octanol–water partition coefficient (Wildman–Crippen LogP) is 1.21. The van der Waals surface area contributed by atoms with Crippen LogP contribution in [0.15, 0.2) is 13.2 Å². The first kappa shape index (κ1) is 19.4. The quantitative estimate of drug-likeness (QED) is 0.366. The van der Waals surface area contributed by atoms with E-state index in [-0.39, 0.29) is 19.5 Å². The van der Waals surface area contributed by atoms with Crippen molar-refractivity contribution in [3.63, 3.8) is 0 Å². The van der Waals surface area contributed by atoms with E-state index < -0.39 is 0 Å². The van der Waals surface area contributed by atoms with Crippen molar-refractivity contribution in [2.24, 2.45) is 0 Å². The molecule has 0 aliphatic rings. The summed E-state index contributed by atoms with van der Waals surface area (Å²) in [4.78, 5) is 0. The average molecular weight is 157 g/mol. The molecule has 0 amide bonds. The van der Waals surface area contributed by atoms with E-state index in [9.17, 15) is 0 Å². The molecule has 0 unspecified atom stereocenters. The van der Waals surface area contributed by atoms with Crippen LogP contribution in [0.25, 0.3) is 0 Å². The van der Waals surface area contributed by atoms with Gasteiger partial charge in [0, 0.05) is 19.5 Å². The van der Waals surface area contributed by atoms with Crippen LogP contribution in [0.3, 0.4) is 0 Å². The molecule has 0 saturated heterocycles. The second-order valence-corrected chi connectivity index (χ2v) is 0. The maximum Gasteiger partial charge on any atom is 0 e. The molecule has 0 aliphatic carbocycles. The minimum absolute atomic E-state index is 0. The van der Waals surface area contributed by atoms with E-state index in [4.69, 9.17) is 0 Å². The van der Waals surface area contributed by atoms with Gasteiger partial charge in [-0.15, -0.1) is 0 Å². The van der Waals surface area contributed by atoms with Crippen LogP contribution in [-0.2, 0) is 19.5 Å². The first-order valence-electron chi connectivity index (χ1n) is 0.816. The molecule has 0 heterocycles. The Balaban J connectivity index is -0.0000000133. The van der Waals surface area contributed by atoms with E-state index in [2.05, 4.69) is 26.3 Å². The number of hydrogen-bond donors (Lipinski definition) is 0. The summed E-state index contributed by atoms with van der Waals surface area (Å²) in [5.41, 5.74) is 0. The summed E-state index contributed by atoms with van der Waals surface area (Å²) in [6.45, 7) is 14.0. The minimum Gasteiger partial charge on any atom is -0.521 e. The van der Waals surface area contributed by atoms with Crippen molar-refractivity contribution in [1.82, 2.24) is 0 Å². The Hall–Kier alpha value is 0.103. The molecule has 0 rings (SSSR count). The molecule has 0 N–H and O–H groups in total. The van der Waals surface area contributed by atoms with Crippen LogP contribution in [0.1, 0.15) is 0 Å². The number of hydrogen-bond acceptors (Lipinski definition) is 0. The minimum atomic E-state index is 0. The van der Waals surface area contributed by atoms with Crippen molar-refractivity contribution in [3.8, 4) is 0 Å². The van der Waals surface area contributed by atoms with Crippen LogP contribution >= 0.6 is 0 Å². The topological polar surface area (TPSA) is 0 Å². The maximum absolute atomic E-state index is 4.25. The van der Waals surface area contributed by atoms with E-state index in [1.807, 2.05) is 0 Å². The molecular formula is C4H6Rh-2. The van der Waals surface area contributed by atoms with Crippen LogP contribution in [0.5, 0.6) is 0 Å². The maximum atomic E-state index is 4.25. The summed E-state index contributed by atoms with van der Waals surface area (Å²) >= 11 is 0. The van der Waals surface area contributed by atoms with Crippen LogP contribution in [0, 0.1) is 13.2 Å². The van der Waals surface area contributed by atoms with Gasteiger partial charge in [-0.05, 0) is 0 Å². The Morgan fingerprint density at radius 1 is 0.800 bits per heavy atom. The van der Waals surface area contributed by atoms with Crippen molar-refractivity contribution in [2.45, 2.75) is 0 Å². The summed E-state index contributed by atoms with van der Waals surface area (Å²) in [7, 11) is 0. The van der Waals surface area contributed by atoms with Gasteiger partial charge in [0.1, 0.15) is 0 Å². The van der Waals surface area contributed by atoms with Gasteiger partial charge in [-0.25, -0.2) is 0 Å². The number of rotatable bonds is 0. The molecule has 1 radical (unpaired) electrons. The summed E-state index contributed by atoms with van der Waals surface area (Å²) < 4.78 is 0. The molecule has 0 aromatic carbocycles. The third-order valence-corrected chi connectivity index (χ3v) is 0. The van der Waals surface area contributed by atoms with Crippen molar-refractivity contribution in [2.75, 3.05) is 0 Å². The third-order valence-electron chi connectivity index (χ3n) is 0. The second-order valence-electron chi connectivity index (χ2n) is 0. The van der Waals surface area contributed by atoms with Crippen molar-refractivity contribution in [3.05, 3.63) is 26.3 Å². The summed E-state index contributed by atoms with van der Waals surface area (Å²) in [6.07, 6.45) is 0. The Morgan fingerprint density at radius 2 is 0.800 bits per heavy atom. The van der Waals surface area contributed by atoms with E-state index in [0.29, 0.717) is 0 Å². The van der Waals surface area contributed by atoms with Gasteiger partial charge in [0.25, 0.3) is 0 Å². The fourth-order valence-electron chi connectivity index (χ4n) is 0. The summed E-state index contributed by atoms with van der Waals surface area (Å²) in [5, 5.41) is 0. The van der Waals surface area contributed by atoms with E-state index >= 15 is 0 Å². The van der Waals surface area contributed by atoms with Crippen molar-refractivity contribution >= 4 is 0 Å². The van der Waals surface area contributed by atoms with E-state index in [0.717, 1.165) is 0 Å². The Bertz CT molecular complexity index is 5.61. The zero-order chi connectivity index (χ0) is 4.00. The van der Waals surface area contributed by atoms with Gasteiger partial charge in [-0.2, -0.15) is 0 Å². The first-order valence-corrected chi connectivity index (χ1v) is 0.816. The van der Waals surface area contributed by atoms with Gasteiger partial charge in [0.2, 0.25) is 0 Å². The van der Waals surface area contributed by atoms with Crippen LogP contribution in [0.4, 0.5) is 0 Å². The first-order chi connectivity index (χ1) is 2.00. The molecule has 0 spiro atoms. The van der Waals surface area contributed by atoms with Gasteiger partial charge in [-0.3, -0.25) is 13.2 Å². The fraction of sp³-hybridized carbons (Fsp3) is 0. The van der Waals surface area contributed by atoms with Gasteiger partial charge >= 0.3 is 0 Å². The normalized spacial score (nSPS) is 1.60. The smallest absolute Gasteiger partial charge is 0 e. The largest absolute Gasteiger partial charge is 0.521 e. The molecule has 0 atom stereocenters. The molecule has 5 heavy (non-hydrogen) atoms. The molecule has 0 aliphatic heterocycles. The molecule has 0 fully saturated rings. The molecule has 0 saturated carbocycles. The predicted molar refractivity (Wildman–Crippen MR) is 19.9 cm³/mol. The molecule has 1 heteroatoms. The van der Waals surface area contributed by atoms with Crippen LogP contribution < -0.4 is 0 Å². The average Bonchev–Trinajstić information content (AvgIpc) is 1.50. The monoisotopic (exact) mass is 157 g/mol. The van der Waals surface area contributed by atoms with E-state index in [1.54, 1.807) is 0 Å². The van der Waals surface area contributed by atoms with Crippen molar-refractivity contribution < 1.29 is 19.5 Å². The van der Waals surface area contributed by atoms with Gasteiger partial charge in [-0.1, -0.05) is 0 Å². The molecule has 0 aromatic rings. The van der Waals surface area contributed by atoms with Crippen LogP contribution in [0.2, 0.25) is 0 Å². The molecule has 0 nitrogen and oxygen atoms in total. The Labute approximate surface area is 46.3 Å². The van der Waals surface area contributed by atoms with Crippen LogP contribution in [-0.4, -0.2) is 0 Å². The molecule has 33 valence electrons. The summed E-state index contributed by atoms with van der Waals surface area (Å²) in [5.74, 6) is 0. The molecular weight excluding hydrogens is 151 g/mol. The Kier molecular flexibility index (Phi) is 14400.